The summed E-state index contributed by atoms with van der Waals surface area (Å²) < 4.78 is 5.63. The Bertz CT molecular complexity index is 973. The van der Waals surface area contributed by atoms with Crippen molar-refractivity contribution in [2.45, 2.75) is 70.8 Å². The van der Waals surface area contributed by atoms with Gasteiger partial charge in [0.25, 0.3) is 0 Å². The van der Waals surface area contributed by atoms with E-state index < -0.39 is 5.60 Å². The molecule has 182 valence electrons. The maximum absolute atomic E-state index is 13.2. The molecular weight excluding hydrogens is 426 g/mol. The van der Waals surface area contributed by atoms with Crippen molar-refractivity contribution < 1.29 is 14.3 Å². The molecule has 1 unspecified atom stereocenters. The number of carbonyl (C=O) groups is 2. The zero-order valence-electron chi connectivity index (χ0n) is 20.8. The minimum Gasteiger partial charge on any atom is -0.444 e. The summed E-state index contributed by atoms with van der Waals surface area (Å²) in [5.41, 5.74) is 1.80. The van der Waals surface area contributed by atoms with Crippen LogP contribution in [0.15, 0.2) is 60.7 Å². The van der Waals surface area contributed by atoms with E-state index in [0.29, 0.717) is 19.5 Å². The van der Waals surface area contributed by atoms with Crippen molar-refractivity contribution in [1.29, 1.82) is 0 Å². The van der Waals surface area contributed by atoms with Crippen molar-refractivity contribution in [3.63, 3.8) is 0 Å². The molecule has 6 heteroatoms. The van der Waals surface area contributed by atoms with E-state index in [2.05, 4.69) is 53.1 Å². The summed E-state index contributed by atoms with van der Waals surface area (Å²) in [6.07, 6.45) is 1.12. The van der Waals surface area contributed by atoms with E-state index >= 15 is 0 Å². The second-order valence-electron chi connectivity index (χ2n) is 10.5. The van der Waals surface area contributed by atoms with Gasteiger partial charge in [-0.3, -0.25) is 9.69 Å². The van der Waals surface area contributed by atoms with E-state index in [0.717, 1.165) is 25.1 Å². The Morgan fingerprint density at radius 1 is 1.00 bits per heavy atom. The standard InChI is InChI=1S/C28H37N3O3/c1-21-19-29(17-18-30(21)27(33)34-28(2,3)4)24-15-16-25(32)31(20-22-11-7-5-8-12-22)26(24)23-13-9-6-10-14-23/h5-14,21,24,26H,15-20H2,1-4H3/t21?,24-,26-/m1/s1. The van der Waals surface area contributed by atoms with Crippen LogP contribution < -0.4 is 0 Å². The average molecular weight is 464 g/mol. The highest BCUT2D eigenvalue weighted by molar-refractivity contribution is 5.78. The molecule has 3 atom stereocenters. The summed E-state index contributed by atoms with van der Waals surface area (Å²) in [7, 11) is 0. The molecule has 2 amide bonds. The summed E-state index contributed by atoms with van der Waals surface area (Å²) in [6.45, 7) is 10.5. The molecule has 2 aliphatic rings. The van der Waals surface area contributed by atoms with Crippen LogP contribution in [0.2, 0.25) is 0 Å². The highest BCUT2D eigenvalue weighted by atomic mass is 16.6. The van der Waals surface area contributed by atoms with Crippen LogP contribution in [0.4, 0.5) is 4.79 Å². The van der Waals surface area contributed by atoms with Crippen LogP contribution in [0.3, 0.4) is 0 Å². The Labute approximate surface area is 203 Å². The molecular formula is C28H37N3O3. The Morgan fingerprint density at radius 2 is 1.65 bits per heavy atom. The molecule has 2 aliphatic heterocycles. The molecule has 0 aromatic heterocycles. The molecule has 2 aromatic rings. The van der Waals surface area contributed by atoms with Gasteiger partial charge in [0.05, 0.1) is 6.04 Å². The first-order valence-electron chi connectivity index (χ1n) is 12.3. The van der Waals surface area contributed by atoms with Crippen LogP contribution >= 0.6 is 0 Å². The number of hydrogen-bond donors (Lipinski definition) is 0. The van der Waals surface area contributed by atoms with Gasteiger partial charge in [-0.25, -0.2) is 4.79 Å². The van der Waals surface area contributed by atoms with E-state index in [1.807, 2.05) is 49.9 Å². The Morgan fingerprint density at radius 3 is 2.26 bits per heavy atom. The van der Waals surface area contributed by atoms with Gasteiger partial charge in [0, 0.05) is 44.7 Å². The van der Waals surface area contributed by atoms with E-state index in [1.54, 1.807) is 0 Å². The van der Waals surface area contributed by atoms with Crippen LogP contribution in [-0.4, -0.2) is 64.0 Å². The van der Waals surface area contributed by atoms with Crippen LogP contribution in [-0.2, 0) is 16.1 Å². The monoisotopic (exact) mass is 463 g/mol. The number of nitrogens with zero attached hydrogens (tertiary/aromatic N) is 3. The number of amides is 2. The first-order valence-corrected chi connectivity index (χ1v) is 12.3. The second-order valence-corrected chi connectivity index (χ2v) is 10.5. The summed E-state index contributed by atoms with van der Waals surface area (Å²) in [4.78, 5) is 32.3. The first-order chi connectivity index (χ1) is 16.2. The maximum atomic E-state index is 13.2. The number of likely N-dealkylation sites (tertiary alicyclic amines) is 1. The highest BCUT2D eigenvalue weighted by Crippen LogP contribution is 2.37. The summed E-state index contributed by atoms with van der Waals surface area (Å²) in [5, 5.41) is 0. The predicted molar refractivity (Wildman–Crippen MR) is 133 cm³/mol. The van der Waals surface area contributed by atoms with Gasteiger partial charge in [-0.15, -0.1) is 0 Å². The van der Waals surface area contributed by atoms with Gasteiger partial charge in [-0.2, -0.15) is 0 Å². The fraction of sp³-hybridized carbons (Fsp3) is 0.500. The van der Waals surface area contributed by atoms with Gasteiger partial charge >= 0.3 is 6.09 Å². The van der Waals surface area contributed by atoms with Crippen LogP contribution in [0.25, 0.3) is 0 Å². The predicted octanol–water partition coefficient (Wildman–Crippen LogP) is 4.86. The fourth-order valence-electron chi connectivity index (χ4n) is 5.22. The molecule has 0 saturated carbocycles. The number of rotatable bonds is 4. The smallest absolute Gasteiger partial charge is 0.410 e. The first kappa shape index (κ1) is 24.3. The zero-order chi connectivity index (χ0) is 24.3. The third-order valence-electron chi connectivity index (χ3n) is 6.77. The fourth-order valence-corrected chi connectivity index (χ4v) is 5.22. The van der Waals surface area contributed by atoms with E-state index in [1.165, 1.54) is 5.56 Å². The van der Waals surface area contributed by atoms with Gasteiger partial charge in [0.1, 0.15) is 5.60 Å². The van der Waals surface area contributed by atoms with Crippen molar-refractivity contribution in [1.82, 2.24) is 14.7 Å². The van der Waals surface area contributed by atoms with Crippen molar-refractivity contribution in [3.8, 4) is 0 Å². The lowest BCUT2D eigenvalue weighted by molar-refractivity contribution is -0.141. The Kier molecular flexibility index (Phi) is 7.27. The number of benzene rings is 2. The third-order valence-corrected chi connectivity index (χ3v) is 6.77. The number of hydrogen-bond acceptors (Lipinski definition) is 4. The van der Waals surface area contributed by atoms with Gasteiger partial charge in [-0.1, -0.05) is 60.7 Å². The van der Waals surface area contributed by atoms with Crippen molar-refractivity contribution in [2.75, 3.05) is 19.6 Å². The molecule has 2 saturated heterocycles. The Hall–Kier alpha value is -2.86. The number of ether oxygens (including phenoxy) is 1. The maximum Gasteiger partial charge on any atom is 0.410 e. The lowest BCUT2D eigenvalue weighted by atomic mass is 9.87. The van der Waals surface area contributed by atoms with Gasteiger partial charge in [-0.05, 0) is 45.2 Å². The highest BCUT2D eigenvalue weighted by Gasteiger charge is 2.42. The van der Waals surface area contributed by atoms with Crippen molar-refractivity contribution in [3.05, 3.63) is 71.8 Å². The number of carbonyl (C=O) groups excluding carboxylic acids is 2. The number of piperidine rings is 1. The molecule has 6 nitrogen and oxygen atoms in total. The Balaban J connectivity index is 1.56. The molecule has 2 aromatic carbocycles. The average Bonchev–Trinajstić information content (AvgIpc) is 2.80. The number of piperazine rings is 1. The molecule has 4 rings (SSSR count). The molecule has 0 aliphatic carbocycles. The molecule has 0 N–H and O–H groups in total. The summed E-state index contributed by atoms with van der Waals surface area (Å²) >= 11 is 0. The molecule has 0 spiro atoms. The van der Waals surface area contributed by atoms with Crippen LogP contribution in [0.5, 0.6) is 0 Å². The van der Waals surface area contributed by atoms with Gasteiger partial charge in [0.2, 0.25) is 5.91 Å². The molecule has 0 radical (unpaired) electrons. The largest absolute Gasteiger partial charge is 0.444 e. The van der Waals surface area contributed by atoms with Crippen molar-refractivity contribution >= 4 is 12.0 Å². The van der Waals surface area contributed by atoms with Crippen LogP contribution in [0, 0.1) is 0 Å². The minimum atomic E-state index is -0.506. The molecule has 34 heavy (non-hydrogen) atoms. The summed E-state index contributed by atoms with van der Waals surface area (Å²) in [5.74, 6) is 0.203. The second kappa shape index (κ2) is 10.2. The minimum absolute atomic E-state index is 0.0251. The van der Waals surface area contributed by atoms with E-state index in [-0.39, 0.29) is 30.1 Å². The molecule has 0 bridgehead atoms. The lowest BCUT2D eigenvalue weighted by Crippen LogP contribution is -2.60. The zero-order valence-corrected chi connectivity index (χ0v) is 20.8. The van der Waals surface area contributed by atoms with Crippen LogP contribution in [0.1, 0.15) is 57.7 Å². The quantitative estimate of drug-likeness (QED) is 0.650. The lowest BCUT2D eigenvalue weighted by Gasteiger charge is -2.50. The normalized spacial score (nSPS) is 24.2. The van der Waals surface area contributed by atoms with Gasteiger partial charge < -0.3 is 14.5 Å². The topological polar surface area (TPSA) is 53.1 Å². The van der Waals surface area contributed by atoms with E-state index in [9.17, 15) is 9.59 Å². The van der Waals surface area contributed by atoms with E-state index in [4.69, 9.17) is 4.74 Å². The molecule has 2 fully saturated rings. The SMILES string of the molecule is CC1CN([C@@H]2CCC(=O)N(Cc3ccccc3)[C@@H]2c2ccccc2)CCN1C(=O)OC(C)(C)C. The summed E-state index contributed by atoms with van der Waals surface area (Å²) in [6, 6.07) is 20.8. The van der Waals surface area contributed by atoms with Crippen molar-refractivity contribution in [2.24, 2.45) is 0 Å². The van der Waals surface area contributed by atoms with Gasteiger partial charge in [0.15, 0.2) is 0 Å². The molecule has 2 heterocycles. The third kappa shape index (κ3) is 5.61.